The fourth-order valence-electron chi connectivity index (χ4n) is 4.18. The molecule has 1 N–H and O–H groups in total. The Hall–Kier alpha value is -4.34. The summed E-state index contributed by atoms with van der Waals surface area (Å²) in [6.07, 6.45) is 2.18. The Morgan fingerprint density at radius 2 is 1.74 bits per heavy atom. The van der Waals surface area contributed by atoms with Crippen LogP contribution in [-0.2, 0) is 33.7 Å². The second kappa shape index (κ2) is 12.3. The molecule has 4 rings (SSSR count). The highest BCUT2D eigenvalue weighted by molar-refractivity contribution is 5.89. The first-order valence-corrected chi connectivity index (χ1v) is 12.8. The number of hydrogen-bond donors (Lipinski definition) is 1. The van der Waals surface area contributed by atoms with Crippen molar-refractivity contribution >= 4 is 11.9 Å². The number of nitrogens with one attached hydrogen (secondary N) is 1. The van der Waals surface area contributed by atoms with Gasteiger partial charge in [-0.25, -0.2) is 14.9 Å². The summed E-state index contributed by atoms with van der Waals surface area (Å²) in [6.45, 7) is 7.49. The fourth-order valence-corrected chi connectivity index (χ4v) is 4.18. The molecule has 2 aromatic heterocycles. The molecule has 0 saturated heterocycles. The molecular formula is C28H32N6O4. The van der Waals surface area contributed by atoms with Gasteiger partial charge in [-0.3, -0.25) is 4.79 Å². The quantitative estimate of drug-likeness (QED) is 0.226. The number of benzene rings is 2. The van der Waals surface area contributed by atoms with Crippen LogP contribution in [0.2, 0.25) is 0 Å². The number of H-pyrrole nitrogens is 1. The van der Waals surface area contributed by atoms with Gasteiger partial charge in [-0.15, -0.1) is 5.10 Å². The normalized spacial score (nSPS) is 11.1. The molecule has 0 aliphatic rings. The summed E-state index contributed by atoms with van der Waals surface area (Å²) in [4.78, 5) is 29.6. The van der Waals surface area contributed by atoms with Gasteiger partial charge in [0.1, 0.15) is 5.82 Å². The highest BCUT2D eigenvalue weighted by atomic mass is 16.7. The average molecular weight is 517 g/mol. The Balaban J connectivity index is 1.60. The largest absolute Gasteiger partial charge is 0.428 e. The minimum absolute atomic E-state index is 0.302. The zero-order valence-electron chi connectivity index (χ0n) is 22.1. The monoisotopic (exact) mass is 516 g/mol. The second-order valence-corrected chi connectivity index (χ2v) is 9.17. The fraction of sp³-hybridized carbons (Fsp3) is 0.357. The highest BCUT2D eigenvalue weighted by Gasteiger charge is 2.24. The van der Waals surface area contributed by atoms with E-state index in [1.165, 1.54) is 0 Å². The predicted octanol–water partition coefficient (Wildman–Crippen LogP) is 4.61. The Bertz CT molecular complexity index is 1380. The minimum atomic E-state index is -0.556. The number of nitrogens with zero attached hydrogens (tertiary/aromatic N) is 5. The Labute approximate surface area is 221 Å². The summed E-state index contributed by atoms with van der Waals surface area (Å²) in [6, 6.07) is 16.1. The van der Waals surface area contributed by atoms with Crippen LogP contribution in [0.15, 0.2) is 48.5 Å². The van der Waals surface area contributed by atoms with E-state index < -0.39 is 18.7 Å². The number of aromatic amines is 1. The van der Waals surface area contributed by atoms with Crippen molar-refractivity contribution in [2.24, 2.45) is 5.92 Å². The average Bonchev–Trinajstić information content (AvgIpc) is 3.58. The number of hydrogen-bond acceptors (Lipinski definition) is 8. The van der Waals surface area contributed by atoms with Gasteiger partial charge in [0.25, 0.3) is 0 Å². The van der Waals surface area contributed by atoms with Crippen LogP contribution in [0.4, 0.5) is 0 Å². The molecule has 10 nitrogen and oxygen atoms in total. The maximum absolute atomic E-state index is 13.1. The van der Waals surface area contributed by atoms with Crippen LogP contribution in [0.5, 0.6) is 0 Å². The number of carbonyl (C=O) groups excluding carboxylic acids is 2. The summed E-state index contributed by atoms with van der Waals surface area (Å²) < 4.78 is 12.3. The third-order valence-corrected chi connectivity index (χ3v) is 6.12. The summed E-state index contributed by atoms with van der Waals surface area (Å²) >= 11 is 0. The lowest BCUT2D eigenvalue weighted by Gasteiger charge is -2.14. The van der Waals surface area contributed by atoms with E-state index >= 15 is 0 Å². The number of esters is 2. The van der Waals surface area contributed by atoms with E-state index in [0.29, 0.717) is 30.2 Å². The predicted molar refractivity (Wildman–Crippen MR) is 141 cm³/mol. The van der Waals surface area contributed by atoms with Gasteiger partial charge in [0, 0.05) is 18.5 Å². The van der Waals surface area contributed by atoms with Gasteiger partial charge in [-0.2, -0.15) is 0 Å². The highest BCUT2D eigenvalue weighted by Crippen LogP contribution is 2.30. The third kappa shape index (κ3) is 5.96. The van der Waals surface area contributed by atoms with Gasteiger partial charge in [0.2, 0.25) is 6.79 Å². The Kier molecular flexibility index (Phi) is 8.62. The zero-order chi connectivity index (χ0) is 27.1. The third-order valence-electron chi connectivity index (χ3n) is 6.12. The van der Waals surface area contributed by atoms with E-state index in [4.69, 9.17) is 14.5 Å². The lowest BCUT2D eigenvalue weighted by atomic mass is 9.98. The number of imidazole rings is 1. The summed E-state index contributed by atoms with van der Waals surface area (Å²) in [5, 5.41) is 14.3. The Morgan fingerprint density at radius 3 is 2.37 bits per heavy atom. The molecular weight excluding hydrogens is 484 g/mol. The number of rotatable bonds is 11. The van der Waals surface area contributed by atoms with Crippen LogP contribution in [0.25, 0.3) is 22.5 Å². The van der Waals surface area contributed by atoms with Crippen LogP contribution in [0.1, 0.15) is 61.7 Å². The molecule has 0 unspecified atom stereocenters. The molecule has 0 bridgehead atoms. The molecule has 4 aromatic rings. The van der Waals surface area contributed by atoms with E-state index in [9.17, 15) is 9.59 Å². The van der Waals surface area contributed by atoms with Gasteiger partial charge in [0.15, 0.2) is 11.5 Å². The van der Waals surface area contributed by atoms with Crippen molar-refractivity contribution in [1.29, 1.82) is 0 Å². The first-order valence-electron chi connectivity index (χ1n) is 12.8. The van der Waals surface area contributed by atoms with Crippen LogP contribution in [0, 0.1) is 5.92 Å². The van der Waals surface area contributed by atoms with Gasteiger partial charge < -0.3 is 14.0 Å². The lowest BCUT2D eigenvalue weighted by Crippen LogP contribution is -2.20. The van der Waals surface area contributed by atoms with Gasteiger partial charge >= 0.3 is 11.9 Å². The maximum atomic E-state index is 13.1. The van der Waals surface area contributed by atoms with Crippen LogP contribution in [-0.4, -0.2) is 48.9 Å². The molecule has 2 aromatic carbocycles. The van der Waals surface area contributed by atoms with Gasteiger partial charge in [-0.05, 0) is 40.0 Å². The van der Waals surface area contributed by atoms with Crippen LogP contribution in [0.3, 0.4) is 0 Å². The number of tetrazole rings is 1. The van der Waals surface area contributed by atoms with Crippen molar-refractivity contribution in [1.82, 2.24) is 30.2 Å². The molecule has 38 heavy (non-hydrogen) atoms. The molecule has 0 fully saturated rings. The van der Waals surface area contributed by atoms with Crippen molar-refractivity contribution in [2.45, 2.75) is 53.5 Å². The molecule has 10 heteroatoms. The molecule has 0 atom stereocenters. The van der Waals surface area contributed by atoms with Crippen molar-refractivity contribution in [3.05, 3.63) is 71.3 Å². The molecule has 0 spiro atoms. The van der Waals surface area contributed by atoms with E-state index in [1.54, 1.807) is 13.8 Å². The van der Waals surface area contributed by atoms with Crippen molar-refractivity contribution in [3.63, 3.8) is 0 Å². The molecule has 0 aliphatic heterocycles. The number of aryl methyl sites for hydroxylation is 2. The van der Waals surface area contributed by atoms with Crippen molar-refractivity contribution < 1.29 is 19.1 Å². The molecule has 198 valence electrons. The zero-order valence-corrected chi connectivity index (χ0v) is 22.1. The lowest BCUT2D eigenvalue weighted by molar-refractivity contribution is -0.155. The molecule has 0 aliphatic carbocycles. The summed E-state index contributed by atoms with van der Waals surface area (Å²) in [7, 11) is 0. The molecule has 2 heterocycles. The van der Waals surface area contributed by atoms with Gasteiger partial charge in [0.05, 0.1) is 11.6 Å². The van der Waals surface area contributed by atoms with Gasteiger partial charge in [-0.1, -0.05) is 76.2 Å². The number of aromatic nitrogens is 6. The van der Waals surface area contributed by atoms with Crippen molar-refractivity contribution in [2.75, 3.05) is 6.79 Å². The Morgan fingerprint density at radius 1 is 1.00 bits per heavy atom. The maximum Gasteiger partial charge on any atom is 0.359 e. The molecule has 0 amide bonds. The van der Waals surface area contributed by atoms with E-state index in [2.05, 4.69) is 27.5 Å². The standard InChI is InChI=1S/C28H32N6O4/c1-5-9-24-29-23(6-2)25(28(36)38-17-37-27(35)18(3)4)34(24)16-19-12-14-20(15-13-19)21-10-7-8-11-22(21)26-30-32-33-31-26/h7-8,10-15,18H,5-6,9,16-17H2,1-4H3,(H,30,31,32,33). The van der Waals surface area contributed by atoms with E-state index in [1.807, 2.05) is 60.0 Å². The molecule has 0 saturated carbocycles. The van der Waals surface area contributed by atoms with Crippen LogP contribution >= 0.6 is 0 Å². The summed E-state index contributed by atoms with van der Waals surface area (Å²) in [5.74, 6) is 0.141. The molecule has 0 radical (unpaired) electrons. The first-order chi connectivity index (χ1) is 18.4. The minimum Gasteiger partial charge on any atom is -0.428 e. The number of carbonyl (C=O) groups is 2. The topological polar surface area (TPSA) is 125 Å². The van der Waals surface area contributed by atoms with Crippen molar-refractivity contribution in [3.8, 4) is 22.5 Å². The summed E-state index contributed by atoms with van der Waals surface area (Å²) in [5.41, 5.74) is 4.98. The first kappa shape index (κ1) is 26.7. The SMILES string of the molecule is CCCc1nc(CC)c(C(=O)OCOC(=O)C(C)C)n1Cc1ccc(-c2ccccc2-c2nnn[nH]2)cc1. The second-order valence-electron chi connectivity index (χ2n) is 9.17. The smallest absolute Gasteiger partial charge is 0.359 e. The van der Waals surface area contributed by atoms with E-state index in [0.717, 1.165) is 40.9 Å². The number of ether oxygens (including phenoxy) is 2. The van der Waals surface area contributed by atoms with E-state index in [-0.39, 0.29) is 5.92 Å². The van der Waals surface area contributed by atoms with Crippen LogP contribution < -0.4 is 0 Å².